The van der Waals surface area contributed by atoms with Crippen molar-refractivity contribution in [2.24, 2.45) is 5.73 Å². The Labute approximate surface area is 118 Å². The van der Waals surface area contributed by atoms with Crippen molar-refractivity contribution in [1.82, 2.24) is 4.90 Å². The molecule has 0 fully saturated rings. The van der Waals surface area contributed by atoms with Crippen molar-refractivity contribution in [1.29, 1.82) is 0 Å². The number of carbonyl (C=O) groups is 1. The summed E-state index contributed by atoms with van der Waals surface area (Å²) < 4.78 is 13.1. The fraction of sp³-hybridized carbons (Fsp3) is 0.429. The number of benzene rings is 1. The molecule has 104 valence electrons. The van der Waals surface area contributed by atoms with Gasteiger partial charge in [-0.3, -0.25) is 4.79 Å². The minimum Gasteiger partial charge on any atom is -0.393 e. The van der Waals surface area contributed by atoms with Crippen LogP contribution in [0.3, 0.4) is 0 Å². The number of thiocarbonyl (C=S) groups is 1. The Morgan fingerprint density at radius 1 is 1.47 bits per heavy atom. The van der Waals surface area contributed by atoms with E-state index in [1.165, 1.54) is 18.2 Å². The van der Waals surface area contributed by atoms with E-state index < -0.39 is 0 Å². The van der Waals surface area contributed by atoms with E-state index in [2.05, 4.69) is 0 Å². The zero-order chi connectivity index (χ0) is 14.6. The van der Waals surface area contributed by atoms with Crippen LogP contribution in [0.15, 0.2) is 18.2 Å². The van der Waals surface area contributed by atoms with Crippen molar-refractivity contribution in [3.63, 3.8) is 0 Å². The van der Waals surface area contributed by atoms with E-state index in [0.29, 0.717) is 29.1 Å². The number of hydrogen-bond donors (Lipinski definition) is 1. The first-order valence-electron chi connectivity index (χ1n) is 6.18. The smallest absolute Gasteiger partial charge is 0.254 e. The molecule has 0 saturated heterocycles. The van der Waals surface area contributed by atoms with Crippen LogP contribution in [0.4, 0.5) is 4.39 Å². The maximum atomic E-state index is 13.1. The number of rotatable bonds is 5. The monoisotopic (exact) mass is 282 g/mol. The molecular weight excluding hydrogens is 263 g/mol. The molecule has 0 aliphatic rings. The van der Waals surface area contributed by atoms with Crippen LogP contribution in [0, 0.1) is 12.7 Å². The molecule has 1 aromatic rings. The lowest BCUT2D eigenvalue weighted by Crippen LogP contribution is -2.39. The fourth-order valence-electron chi connectivity index (χ4n) is 1.85. The third kappa shape index (κ3) is 4.28. The molecule has 0 spiro atoms. The minimum absolute atomic E-state index is 0.0336. The van der Waals surface area contributed by atoms with Crippen molar-refractivity contribution in [2.45, 2.75) is 33.2 Å². The predicted octanol–water partition coefficient (Wildman–Crippen LogP) is 2.66. The molecule has 1 aromatic carbocycles. The van der Waals surface area contributed by atoms with Crippen LogP contribution < -0.4 is 5.73 Å². The maximum absolute atomic E-state index is 13.1. The molecule has 0 aromatic heterocycles. The second-order valence-electron chi connectivity index (χ2n) is 4.77. The van der Waals surface area contributed by atoms with Gasteiger partial charge in [-0.2, -0.15) is 0 Å². The van der Waals surface area contributed by atoms with Crippen LogP contribution in [-0.4, -0.2) is 28.4 Å². The summed E-state index contributed by atoms with van der Waals surface area (Å²) in [6, 6.07) is 4.21. The molecule has 0 saturated carbocycles. The van der Waals surface area contributed by atoms with Gasteiger partial charge < -0.3 is 10.6 Å². The van der Waals surface area contributed by atoms with Gasteiger partial charge in [0.25, 0.3) is 5.91 Å². The summed E-state index contributed by atoms with van der Waals surface area (Å²) in [7, 11) is 0. The number of carbonyl (C=O) groups excluding carboxylic acids is 1. The van der Waals surface area contributed by atoms with E-state index in [-0.39, 0.29) is 17.8 Å². The normalized spacial score (nSPS) is 10.6. The van der Waals surface area contributed by atoms with Gasteiger partial charge in [0.1, 0.15) is 5.82 Å². The van der Waals surface area contributed by atoms with Crippen molar-refractivity contribution < 1.29 is 9.18 Å². The first-order valence-corrected chi connectivity index (χ1v) is 6.59. The van der Waals surface area contributed by atoms with Crippen molar-refractivity contribution in [3.05, 3.63) is 35.1 Å². The fourth-order valence-corrected chi connectivity index (χ4v) is 1.94. The van der Waals surface area contributed by atoms with Crippen LogP contribution in [0.2, 0.25) is 0 Å². The van der Waals surface area contributed by atoms with Crippen molar-refractivity contribution in [2.75, 3.05) is 6.54 Å². The average Bonchev–Trinajstić information content (AvgIpc) is 2.27. The molecule has 5 heteroatoms. The Hall–Kier alpha value is -1.49. The van der Waals surface area contributed by atoms with Crippen LogP contribution >= 0.6 is 12.2 Å². The van der Waals surface area contributed by atoms with E-state index in [4.69, 9.17) is 18.0 Å². The Morgan fingerprint density at radius 3 is 2.58 bits per heavy atom. The average molecular weight is 282 g/mol. The first-order chi connectivity index (χ1) is 8.82. The molecule has 1 amide bonds. The summed E-state index contributed by atoms with van der Waals surface area (Å²) in [4.78, 5) is 14.5. The summed E-state index contributed by atoms with van der Waals surface area (Å²) in [5, 5.41) is 0. The molecule has 19 heavy (non-hydrogen) atoms. The number of amides is 1. The molecule has 0 aliphatic heterocycles. The molecule has 0 radical (unpaired) electrons. The minimum atomic E-state index is -0.340. The number of aryl methyl sites for hydroxylation is 1. The quantitative estimate of drug-likeness (QED) is 0.845. The van der Waals surface area contributed by atoms with Gasteiger partial charge in [0, 0.05) is 24.6 Å². The van der Waals surface area contributed by atoms with Gasteiger partial charge >= 0.3 is 0 Å². The lowest BCUT2D eigenvalue weighted by Gasteiger charge is -2.27. The summed E-state index contributed by atoms with van der Waals surface area (Å²) in [6.45, 7) is 6.05. The maximum Gasteiger partial charge on any atom is 0.254 e. The lowest BCUT2D eigenvalue weighted by molar-refractivity contribution is 0.0711. The third-order valence-electron chi connectivity index (χ3n) is 2.90. The summed E-state index contributed by atoms with van der Waals surface area (Å²) in [6.07, 6.45) is 0.486. The van der Waals surface area contributed by atoms with Gasteiger partial charge in [0.2, 0.25) is 0 Å². The molecule has 0 atom stereocenters. The number of nitrogens with two attached hydrogens (primary N) is 1. The van der Waals surface area contributed by atoms with Crippen molar-refractivity contribution in [3.8, 4) is 0 Å². The van der Waals surface area contributed by atoms with Crippen LogP contribution in [-0.2, 0) is 0 Å². The predicted molar refractivity (Wildman–Crippen MR) is 78.7 cm³/mol. The molecule has 0 bridgehead atoms. The largest absolute Gasteiger partial charge is 0.393 e. The molecular formula is C14H19FN2OS. The van der Waals surface area contributed by atoms with E-state index in [1.807, 2.05) is 13.8 Å². The molecule has 0 heterocycles. The van der Waals surface area contributed by atoms with E-state index >= 15 is 0 Å². The van der Waals surface area contributed by atoms with Gasteiger partial charge in [-0.1, -0.05) is 12.2 Å². The Kier molecular flexibility index (Phi) is 5.42. The Balaban J connectivity index is 2.95. The highest BCUT2D eigenvalue weighted by molar-refractivity contribution is 7.80. The summed E-state index contributed by atoms with van der Waals surface area (Å²) >= 11 is 4.84. The third-order valence-corrected chi connectivity index (χ3v) is 3.11. The van der Waals surface area contributed by atoms with Gasteiger partial charge in [-0.15, -0.1) is 0 Å². The molecule has 2 N–H and O–H groups in total. The van der Waals surface area contributed by atoms with Gasteiger partial charge in [0.15, 0.2) is 0 Å². The highest BCUT2D eigenvalue weighted by atomic mass is 32.1. The van der Waals surface area contributed by atoms with Crippen molar-refractivity contribution >= 4 is 23.1 Å². The van der Waals surface area contributed by atoms with Crippen LogP contribution in [0.5, 0.6) is 0 Å². The SMILES string of the molecule is Cc1cc(F)ccc1C(=O)N(CCC(N)=S)C(C)C. The summed E-state index contributed by atoms with van der Waals surface area (Å²) in [5.41, 5.74) is 6.62. The lowest BCUT2D eigenvalue weighted by atomic mass is 10.1. The van der Waals surface area contributed by atoms with E-state index in [0.717, 1.165) is 0 Å². The highest BCUT2D eigenvalue weighted by Gasteiger charge is 2.20. The number of nitrogens with zero attached hydrogens (tertiary/aromatic N) is 1. The zero-order valence-corrected chi connectivity index (χ0v) is 12.3. The molecule has 3 nitrogen and oxygen atoms in total. The van der Waals surface area contributed by atoms with Crippen LogP contribution in [0.25, 0.3) is 0 Å². The number of halogens is 1. The first kappa shape index (κ1) is 15.6. The standard InChI is InChI=1S/C14H19FN2OS/c1-9(2)17(7-6-13(16)19)14(18)12-5-4-11(15)8-10(12)3/h4-5,8-9H,6-7H2,1-3H3,(H2,16,19). The topological polar surface area (TPSA) is 46.3 Å². The van der Waals surface area contributed by atoms with E-state index in [1.54, 1.807) is 11.8 Å². The Bertz CT molecular complexity index is 488. The van der Waals surface area contributed by atoms with Gasteiger partial charge in [-0.05, 0) is 44.5 Å². The second kappa shape index (κ2) is 6.61. The zero-order valence-electron chi connectivity index (χ0n) is 11.4. The Morgan fingerprint density at radius 2 is 2.11 bits per heavy atom. The van der Waals surface area contributed by atoms with Crippen LogP contribution in [0.1, 0.15) is 36.2 Å². The molecule has 0 aliphatic carbocycles. The summed E-state index contributed by atoms with van der Waals surface area (Å²) in [5.74, 6) is -0.461. The van der Waals surface area contributed by atoms with E-state index in [9.17, 15) is 9.18 Å². The molecule has 0 unspecified atom stereocenters. The second-order valence-corrected chi connectivity index (χ2v) is 5.29. The molecule has 1 rings (SSSR count). The number of hydrogen-bond acceptors (Lipinski definition) is 2. The van der Waals surface area contributed by atoms with Gasteiger partial charge in [-0.25, -0.2) is 4.39 Å². The highest BCUT2D eigenvalue weighted by Crippen LogP contribution is 2.15. The van der Waals surface area contributed by atoms with Gasteiger partial charge in [0.05, 0.1) is 4.99 Å².